The lowest BCUT2D eigenvalue weighted by Crippen LogP contribution is -2.25. The van der Waals surface area contributed by atoms with Crippen molar-refractivity contribution in [2.45, 2.75) is 31.9 Å². The molecule has 1 aromatic heterocycles. The number of hydrogen-bond acceptors (Lipinski definition) is 3. The third-order valence-electron chi connectivity index (χ3n) is 2.69. The third-order valence-corrected chi connectivity index (χ3v) is 2.69. The Morgan fingerprint density at radius 1 is 1.20 bits per heavy atom. The van der Waals surface area contributed by atoms with Crippen LogP contribution in [0, 0.1) is 0 Å². The largest absolute Gasteiger partial charge is 0.417 e. The van der Waals surface area contributed by atoms with E-state index in [-0.39, 0.29) is 12.3 Å². The minimum Gasteiger partial charge on any atom is -0.396 e. The topological polar surface area (TPSA) is 62.2 Å². The van der Waals surface area contributed by atoms with Crippen LogP contribution in [0.25, 0.3) is 0 Å². The summed E-state index contributed by atoms with van der Waals surface area (Å²) in [4.78, 5) is 15.1. The van der Waals surface area contributed by atoms with Crippen molar-refractivity contribution in [1.29, 1.82) is 0 Å². The fourth-order valence-corrected chi connectivity index (χ4v) is 1.58. The smallest absolute Gasteiger partial charge is 0.396 e. The van der Waals surface area contributed by atoms with Crippen molar-refractivity contribution in [1.82, 2.24) is 10.3 Å². The monoisotopic (exact) mass is 290 g/mol. The zero-order chi connectivity index (χ0) is 15.0. The number of amides is 1. The minimum absolute atomic E-state index is 0.0339. The lowest BCUT2D eigenvalue weighted by Gasteiger charge is -2.07. The average Bonchev–Trinajstić information content (AvgIpc) is 2.41. The van der Waals surface area contributed by atoms with Crippen molar-refractivity contribution in [3.63, 3.8) is 0 Å². The number of unbranched alkanes of at least 4 members (excludes halogenated alkanes) is 3. The first-order chi connectivity index (χ1) is 9.45. The van der Waals surface area contributed by atoms with E-state index in [9.17, 15) is 18.0 Å². The van der Waals surface area contributed by atoms with Gasteiger partial charge in [-0.15, -0.1) is 0 Å². The molecule has 7 heteroatoms. The van der Waals surface area contributed by atoms with Gasteiger partial charge in [-0.1, -0.05) is 12.8 Å². The zero-order valence-corrected chi connectivity index (χ0v) is 10.9. The summed E-state index contributed by atoms with van der Waals surface area (Å²) in [6, 6.07) is 1.90. The molecule has 1 aromatic rings. The Labute approximate surface area is 115 Å². The van der Waals surface area contributed by atoms with Gasteiger partial charge < -0.3 is 10.4 Å². The van der Waals surface area contributed by atoms with Gasteiger partial charge >= 0.3 is 6.18 Å². The van der Waals surface area contributed by atoms with Crippen LogP contribution in [0.3, 0.4) is 0 Å². The van der Waals surface area contributed by atoms with Gasteiger partial charge in [-0.25, -0.2) is 0 Å². The summed E-state index contributed by atoms with van der Waals surface area (Å²) in [5.74, 6) is -0.485. The molecule has 0 aromatic carbocycles. The number of nitrogens with zero attached hydrogens (tertiary/aromatic N) is 1. The lowest BCUT2D eigenvalue weighted by molar-refractivity contribution is -0.137. The SMILES string of the molecule is O=C(NCCCCCCO)c1ccc(C(F)(F)F)cn1. The number of carbonyl (C=O) groups excluding carboxylic acids is 1. The van der Waals surface area contributed by atoms with E-state index < -0.39 is 17.6 Å². The van der Waals surface area contributed by atoms with Gasteiger partial charge in [0.05, 0.1) is 5.56 Å². The first-order valence-electron chi connectivity index (χ1n) is 6.37. The van der Waals surface area contributed by atoms with Crippen molar-refractivity contribution in [2.75, 3.05) is 13.2 Å². The van der Waals surface area contributed by atoms with Gasteiger partial charge in [0, 0.05) is 19.3 Å². The molecular formula is C13H17F3N2O2. The van der Waals surface area contributed by atoms with Crippen molar-refractivity contribution in [3.05, 3.63) is 29.6 Å². The fraction of sp³-hybridized carbons (Fsp3) is 0.538. The number of nitrogens with one attached hydrogen (secondary N) is 1. The minimum atomic E-state index is -4.45. The van der Waals surface area contributed by atoms with E-state index in [0.717, 1.165) is 37.8 Å². The molecule has 0 unspecified atom stereocenters. The van der Waals surface area contributed by atoms with Crippen LogP contribution >= 0.6 is 0 Å². The van der Waals surface area contributed by atoms with Crippen LogP contribution in [0.1, 0.15) is 41.7 Å². The molecule has 0 aliphatic heterocycles. The number of hydrogen-bond donors (Lipinski definition) is 2. The number of pyridine rings is 1. The van der Waals surface area contributed by atoms with Gasteiger partial charge in [-0.3, -0.25) is 9.78 Å². The number of alkyl halides is 3. The summed E-state index contributed by atoms with van der Waals surface area (Å²) < 4.78 is 36.9. The second-order valence-corrected chi connectivity index (χ2v) is 4.32. The molecule has 0 aliphatic rings. The Hall–Kier alpha value is -1.63. The van der Waals surface area contributed by atoms with Crippen molar-refractivity contribution >= 4 is 5.91 Å². The van der Waals surface area contributed by atoms with Crippen LogP contribution in [0.15, 0.2) is 18.3 Å². The number of halogens is 3. The van der Waals surface area contributed by atoms with Crippen LogP contribution < -0.4 is 5.32 Å². The van der Waals surface area contributed by atoms with E-state index in [1.807, 2.05) is 0 Å². The molecule has 0 atom stereocenters. The Morgan fingerprint density at radius 3 is 2.45 bits per heavy atom. The summed E-state index contributed by atoms with van der Waals surface area (Å²) in [7, 11) is 0. The van der Waals surface area contributed by atoms with Crippen LogP contribution in [-0.4, -0.2) is 29.1 Å². The molecular weight excluding hydrogens is 273 g/mol. The van der Waals surface area contributed by atoms with E-state index in [1.54, 1.807) is 0 Å². The van der Waals surface area contributed by atoms with E-state index in [1.165, 1.54) is 0 Å². The molecule has 112 valence electrons. The van der Waals surface area contributed by atoms with Gasteiger partial charge in [0.15, 0.2) is 0 Å². The third kappa shape index (κ3) is 5.56. The van der Waals surface area contributed by atoms with Crippen molar-refractivity contribution < 1.29 is 23.1 Å². The maximum Gasteiger partial charge on any atom is 0.417 e. The predicted octanol–water partition coefficient (Wildman–Crippen LogP) is 2.38. The normalized spacial score (nSPS) is 11.4. The number of rotatable bonds is 7. The highest BCUT2D eigenvalue weighted by atomic mass is 19.4. The quantitative estimate of drug-likeness (QED) is 0.758. The maximum absolute atomic E-state index is 12.3. The fourth-order valence-electron chi connectivity index (χ4n) is 1.58. The molecule has 0 bridgehead atoms. The number of aliphatic hydroxyl groups excluding tert-OH is 1. The molecule has 0 spiro atoms. The van der Waals surface area contributed by atoms with Gasteiger partial charge in [0.25, 0.3) is 5.91 Å². The Morgan fingerprint density at radius 2 is 1.90 bits per heavy atom. The van der Waals surface area contributed by atoms with Gasteiger partial charge in [0.2, 0.25) is 0 Å². The predicted molar refractivity (Wildman–Crippen MR) is 67.1 cm³/mol. The molecule has 2 N–H and O–H groups in total. The second-order valence-electron chi connectivity index (χ2n) is 4.32. The van der Waals surface area contributed by atoms with E-state index in [4.69, 9.17) is 5.11 Å². The van der Waals surface area contributed by atoms with Gasteiger partial charge in [0.1, 0.15) is 5.69 Å². The van der Waals surface area contributed by atoms with Crippen LogP contribution in [0.5, 0.6) is 0 Å². The molecule has 0 saturated carbocycles. The Kier molecular flexibility index (Phi) is 6.44. The summed E-state index contributed by atoms with van der Waals surface area (Å²) >= 11 is 0. The highest BCUT2D eigenvalue weighted by molar-refractivity contribution is 5.92. The summed E-state index contributed by atoms with van der Waals surface area (Å²) in [5.41, 5.74) is -0.911. The van der Waals surface area contributed by atoms with Gasteiger partial charge in [-0.05, 0) is 25.0 Å². The van der Waals surface area contributed by atoms with Crippen LogP contribution in [0.2, 0.25) is 0 Å². The van der Waals surface area contributed by atoms with Crippen molar-refractivity contribution in [2.24, 2.45) is 0 Å². The van der Waals surface area contributed by atoms with Gasteiger partial charge in [-0.2, -0.15) is 13.2 Å². The van der Waals surface area contributed by atoms with Crippen LogP contribution in [-0.2, 0) is 6.18 Å². The first kappa shape index (κ1) is 16.4. The Bertz CT molecular complexity index is 419. The standard InChI is InChI=1S/C13H17F3N2O2/c14-13(15,16)10-5-6-11(18-9-10)12(20)17-7-3-1-2-4-8-19/h5-6,9,19H,1-4,7-8H2,(H,17,20). The molecule has 0 aliphatic carbocycles. The Balaban J connectivity index is 2.37. The highest BCUT2D eigenvalue weighted by Crippen LogP contribution is 2.28. The molecule has 20 heavy (non-hydrogen) atoms. The lowest BCUT2D eigenvalue weighted by atomic mass is 10.2. The molecule has 1 heterocycles. The molecule has 0 fully saturated rings. The highest BCUT2D eigenvalue weighted by Gasteiger charge is 2.30. The molecule has 1 rings (SSSR count). The van der Waals surface area contributed by atoms with Crippen LogP contribution in [0.4, 0.5) is 13.2 Å². The average molecular weight is 290 g/mol. The molecule has 4 nitrogen and oxygen atoms in total. The molecule has 1 amide bonds. The van der Waals surface area contributed by atoms with Crippen molar-refractivity contribution in [3.8, 4) is 0 Å². The first-order valence-corrected chi connectivity index (χ1v) is 6.37. The zero-order valence-electron chi connectivity index (χ0n) is 10.9. The maximum atomic E-state index is 12.3. The van der Waals surface area contributed by atoms with E-state index >= 15 is 0 Å². The number of aromatic nitrogens is 1. The van der Waals surface area contributed by atoms with E-state index in [2.05, 4.69) is 10.3 Å². The number of carbonyl (C=O) groups is 1. The summed E-state index contributed by atoms with van der Waals surface area (Å²) in [6.45, 7) is 0.592. The summed E-state index contributed by atoms with van der Waals surface area (Å²) in [5, 5.41) is 11.2. The summed E-state index contributed by atoms with van der Waals surface area (Å²) in [6.07, 6.45) is -0.558. The van der Waals surface area contributed by atoms with E-state index in [0.29, 0.717) is 12.7 Å². The molecule has 0 radical (unpaired) electrons. The number of aliphatic hydroxyl groups is 1. The second kappa shape index (κ2) is 7.84. The molecule has 0 saturated heterocycles.